The Hall–Kier alpha value is -1.57. The minimum absolute atomic E-state index is 0.0138. The molecule has 0 spiro atoms. The number of aryl methyl sites for hydroxylation is 1. The van der Waals surface area contributed by atoms with Crippen molar-refractivity contribution in [1.29, 1.82) is 0 Å². The molecule has 2 aromatic rings. The summed E-state index contributed by atoms with van der Waals surface area (Å²) in [6.45, 7) is 1.95. The zero-order valence-corrected chi connectivity index (χ0v) is 6.70. The lowest BCUT2D eigenvalue weighted by Crippen LogP contribution is -1.97. The molecule has 0 bridgehead atoms. The Bertz CT molecular complexity index is 468. The second-order valence-electron chi connectivity index (χ2n) is 2.78. The third-order valence-electron chi connectivity index (χ3n) is 1.81. The summed E-state index contributed by atoms with van der Waals surface area (Å²) in [6.07, 6.45) is 1.42. The SMILES string of the molecule is Cc1ccc2occc(=O)c2c1. The van der Waals surface area contributed by atoms with E-state index in [1.807, 2.05) is 25.1 Å². The van der Waals surface area contributed by atoms with Gasteiger partial charge >= 0.3 is 0 Å². The van der Waals surface area contributed by atoms with E-state index in [1.165, 1.54) is 12.3 Å². The minimum atomic E-state index is 0.0138. The van der Waals surface area contributed by atoms with E-state index in [-0.39, 0.29) is 5.43 Å². The van der Waals surface area contributed by atoms with Crippen molar-refractivity contribution in [3.63, 3.8) is 0 Å². The molecular weight excluding hydrogens is 152 g/mol. The third kappa shape index (κ3) is 1.01. The second kappa shape index (κ2) is 2.48. The lowest BCUT2D eigenvalue weighted by atomic mass is 10.1. The highest BCUT2D eigenvalue weighted by Gasteiger charge is 1.97. The van der Waals surface area contributed by atoms with Gasteiger partial charge in [-0.15, -0.1) is 0 Å². The van der Waals surface area contributed by atoms with Gasteiger partial charge in [-0.25, -0.2) is 0 Å². The normalized spacial score (nSPS) is 10.4. The van der Waals surface area contributed by atoms with Gasteiger partial charge in [0.05, 0.1) is 11.6 Å². The molecule has 0 fully saturated rings. The van der Waals surface area contributed by atoms with Crippen LogP contribution in [-0.2, 0) is 0 Å². The van der Waals surface area contributed by atoms with Gasteiger partial charge in [0.2, 0.25) is 0 Å². The van der Waals surface area contributed by atoms with Crippen molar-refractivity contribution in [1.82, 2.24) is 0 Å². The van der Waals surface area contributed by atoms with Crippen LogP contribution in [0.4, 0.5) is 0 Å². The average Bonchev–Trinajstić information content (AvgIpc) is 2.07. The molecule has 1 aromatic carbocycles. The molecular formula is C10H8O2. The molecule has 1 heterocycles. The van der Waals surface area contributed by atoms with Gasteiger partial charge in [0, 0.05) is 6.07 Å². The van der Waals surface area contributed by atoms with E-state index in [0.717, 1.165) is 5.56 Å². The van der Waals surface area contributed by atoms with E-state index < -0.39 is 0 Å². The molecule has 0 radical (unpaired) electrons. The van der Waals surface area contributed by atoms with Crippen molar-refractivity contribution in [2.75, 3.05) is 0 Å². The van der Waals surface area contributed by atoms with Crippen LogP contribution in [-0.4, -0.2) is 0 Å². The Balaban J connectivity index is 2.98. The molecule has 2 nitrogen and oxygen atoms in total. The van der Waals surface area contributed by atoms with Crippen molar-refractivity contribution in [2.24, 2.45) is 0 Å². The maximum atomic E-state index is 11.3. The standard InChI is InChI=1S/C10H8O2/c1-7-2-3-10-8(6-7)9(11)4-5-12-10/h2-6H,1H3. The predicted molar refractivity (Wildman–Crippen MR) is 47.2 cm³/mol. The number of hydrogen-bond donors (Lipinski definition) is 0. The van der Waals surface area contributed by atoms with Gasteiger partial charge in [-0.05, 0) is 19.1 Å². The summed E-state index contributed by atoms with van der Waals surface area (Å²) in [7, 11) is 0. The third-order valence-corrected chi connectivity index (χ3v) is 1.81. The molecule has 12 heavy (non-hydrogen) atoms. The summed E-state index contributed by atoms with van der Waals surface area (Å²) in [5, 5.41) is 0.650. The van der Waals surface area contributed by atoms with Gasteiger partial charge < -0.3 is 4.42 Å². The van der Waals surface area contributed by atoms with E-state index in [9.17, 15) is 4.79 Å². The van der Waals surface area contributed by atoms with Crippen LogP contribution >= 0.6 is 0 Å². The van der Waals surface area contributed by atoms with Crippen molar-refractivity contribution in [3.05, 3.63) is 46.3 Å². The number of benzene rings is 1. The summed E-state index contributed by atoms with van der Waals surface area (Å²) in [5.74, 6) is 0. The van der Waals surface area contributed by atoms with E-state index in [0.29, 0.717) is 11.0 Å². The first kappa shape index (κ1) is 7.10. The molecule has 2 rings (SSSR count). The fourth-order valence-electron chi connectivity index (χ4n) is 1.20. The van der Waals surface area contributed by atoms with Crippen LogP contribution in [0.1, 0.15) is 5.56 Å². The molecule has 0 aliphatic carbocycles. The Morgan fingerprint density at radius 1 is 1.25 bits per heavy atom. The smallest absolute Gasteiger partial charge is 0.192 e. The summed E-state index contributed by atoms with van der Waals surface area (Å²) in [5.41, 5.74) is 1.73. The van der Waals surface area contributed by atoms with Gasteiger partial charge in [0.1, 0.15) is 5.58 Å². The lowest BCUT2D eigenvalue weighted by Gasteiger charge is -1.95. The van der Waals surface area contributed by atoms with E-state index >= 15 is 0 Å². The highest BCUT2D eigenvalue weighted by molar-refractivity contribution is 5.76. The molecule has 0 aliphatic rings. The Labute approximate surface area is 69.4 Å². The predicted octanol–water partition coefficient (Wildman–Crippen LogP) is 2.10. The van der Waals surface area contributed by atoms with Crippen LogP contribution in [0.15, 0.2) is 39.7 Å². The Kier molecular flexibility index (Phi) is 1.47. The fraction of sp³-hybridized carbons (Fsp3) is 0.100. The van der Waals surface area contributed by atoms with Gasteiger partial charge in [0.25, 0.3) is 0 Å². The molecule has 1 aromatic heterocycles. The van der Waals surface area contributed by atoms with Gasteiger partial charge in [-0.3, -0.25) is 4.79 Å². The van der Waals surface area contributed by atoms with Crippen LogP contribution in [0.25, 0.3) is 11.0 Å². The Morgan fingerprint density at radius 3 is 2.92 bits per heavy atom. The van der Waals surface area contributed by atoms with Gasteiger partial charge in [-0.2, -0.15) is 0 Å². The number of hydrogen-bond acceptors (Lipinski definition) is 2. The zero-order chi connectivity index (χ0) is 8.55. The maximum absolute atomic E-state index is 11.3. The highest BCUT2D eigenvalue weighted by atomic mass is 16.3. The molecule has 2 heteroatoms. The molecule has 0 amide bonds. The number of rotatable bonds is 0. The average molecular weight is 160 g/mol. The van der Waals surface area contributed by atoms with Crippen molar-refractivity contribution >= 4 is 11.0 Å². The van der Waals surface area contributed by atoms with Crippen molar-refractivity contribution < 1.29 is 4.42 Å². The first-order valence-electron chi connectivity index (χ1n) is 3.75. The summed E-state index contributed by atoms with van der Waals surface area (Å²) < 4.78 is 5.15. The lowest BCUT2D eigenvalue weighted by molar-refractivity contribution is 0.602. The molecule has 0 atom stereocenters. The maximum Gasteiger partial charge on any atom is 0.192 e. The quantitative estimate of drug-likeness (QED) is 0.590. The van der Waals surface area contributed by atoms with Crippen LogP contribution in [0.2, 0.25) is 0 Å². The molecule has 0 unspecified atom stereocenters. The van der Waals surface area contributed by atoms with Crippen LogP contribution in [0, 0.1) is 6.92 Å². The topological polar surface area (TPSA) is 30.2 Å². The summed E-state index contributed by atoms with van der Waals surface area (Å²) in [4.78, 5) is 11.3. The first-order chi connectivity index (χ1) is 5.77. The van der Waals surface area contributed by atoms with Crippen LogP contribution in [0.3, 0.4) is 0 Å². The summed E-state index contributed by atoms with van der Waals surface area (Å²) >= 11 is 0. The van der Waals surface area contributed by atoms with E-state index in [4.69, 9.17) is 4.42 Å². The monoisotopic (exact) mass is 160 g/mol. The van der Waals surface area contributed by atoms with Crippen molar-refractivity contribution in [2.45, 2.75) is 6.92 Å². The van der Waals surface area contributed by atoms with Crippen LogP contribution < -0.4 is 5.43 Å². The van der Waals surface area contributed by atoms with E-state index in [2.05, 4.69) is 0 Å². The molecule has 0 aliphatic heterocycles. The molecule has 0 saturated carbocycles. The minimum Gasteiger partial charge on any atom is -0.464 e. The summed E-state index contributed by atoms with van der Waals surface area (Å²) in [6, 6.07) is 7.00. The van der Waals surface area contributed by atoms with Gasteiger partial charge in [-0.1, -0.05) is 11.6 Å². The largest absolute Gasteiger partial charge is 0.464 e. The van der Waals surface area contributed by atoms with Gasteiger partial charge in [0.15, 0.2) is 5.43 Å². The zero-order valence-electron chi connectivity index (χ0n) is 6.70. The second-order valence-corrected chi connectivity index (χ2v) is 2.78. The Morgan fingerprint density at radius 2 is 2.08 bits per heavy atom. The molecule has 0 saturated heterocycles. The van der Waals surface area contributed by atoms with Crippen LogP contribution in [0.5, 0.6) is 0 Å². The van der Waals surface area contributed by atoms with Crippen molar-refractivity contribution in [3.8, 4) is 0 Å². The number of fused-ring (bicyclic) bond motifs is 1. The molecule has 60 valence electrons. The highest BCUT2D eigenvalue weighted by Crippen LogP contribution is 2.10. The molecule has 0 N–H and O–H groups in total. The fourth-order valence-corrected chi connectivity index (χ4v) is 1.20. The first-order valence-corrected chi connectivity index (χ1v) is 3.75. The van der Waals surface area contributed by atoms with E-state index in [1.54, 1.807) is 0 Å².